The van der Waals surface area contributed by atoms with Gasteiger partial charge in [-0.2, -0.15) is 18.4 Å². The van der Waals surface area contributed by atoms with Crippen LogP contribution in [0.2, 0.25) is 0 Å². The van der Waals surface area contributed by atoms with Crippen molar-refractivity contribution in [3.05, 3.63) is 34.4 Å². The van der Waals surface area contributed by atoms with Gasteiger partial charge in [0.05, 0.1) is 30.2 Å². The fraction of sp³-hybridized carbons (Fsp3) is 0.385. The number of halogens is 3. The first-order valence-corrected chi connectivity index (χ1v) is 5.56. The standard InChI is InChI=1S/C13H12F3NO2/c1-3-19-12(18)6-9-10(7-17)8(2)4-5-11(9)13(14,15)16/h4-5H,3,6H2,1-2H3. The zero-order valence-electron chi connectivity index (χ0n) is 10.5. The SMILES string of the molecule is CCOC(=O)Cc1c(C(F)(F)F)ccc(C)c1C#N. The van der Waals surface area contributed by atoms with E-state index in [2.05, 4.69) is 4.74 Å². The molecule has 0 heterocycles. The van der Waals surface area contributed by atoms with Crippen LogP contribution in [0.4, 0.5) is 13.2 Å². The van der Waals surface area contributed by atoms with Gasteiger partial charge in [0, 0.05) is 0 Å². The lowest BCUT2D eigenvalue weighted by molar-refractivity contribution is -0.143. The third kappa shape index (κ3) is 3.47. The van der Waals surface area contributed by atoms with Crippen molar-refractivity contribution in [2.45, 2.75) is 26.4 Å². The van der Waals surface area contributed by atoms with E-state index in [4.69, 9.17) is 5.26 Å². The third-order valence-electron chi connectivity index (χ3n) is 2.56. The van der Waals surface area contributed by atoms with Crippen LogP contribution in [0.5, 0.6) is 0 Å². The number of alkyl halides is 3. The molecule has 1 aromatic rings. The van der Waals surface area contributed by atoms with Gasteiger partial charge < -0.3 is 4.74 Å². The molecule has 0 bridgehead atoms. The highest BCUT2D eigenvalue weighted by Gasteiger charge is 2.35. The lowest BCUT2D eigenvalue weighted by atomic mass is 9.94. The van der Waals surface area contributed by atoms with Gasteiger partial charge in [-0.3, -0.25) is 4.79 Å². The van der Waals surface area contributed by atoms with Gasteiger partial charge in [0.1, 0.15) is 0 Å². The van der Waals surface area contributed by atoms with Gasteiger partial charge in [-0.05, 0) is 31.0 Å². The van der Waals surface area contributed by atoms with E-state index in [0.29, 0.717) is 5.56 Å². The number of hydrogen-bond donors (Lipinski definition) is 0. The Morgan fingerprint density at radius 2 is 2.05 bits per heavy atom. The van der Waals surface area contributed by atoms with Crippen LogP contribution in [0.1, 0.15) is 29.2 Å². The van der Waals surface area contributed by atoms with Crippen molar-refractivity contribution in [1.29, 1.82) is 5.26 Å². The molecule has 6 heteroatoms. The summed E-state index contributed by atoms with van der Waals surface area (Å²) in [6.45, 7) is 3.16. The van der Waals surface area contributed by atoms with Crippen LogP contribution >= 0.6 is 0 Å². The van der Waals surface area contributed by atoms with Crippen molar-refractivity contribution in [2.75, 3.05) is 6.61 Å². The monoisotopic (exact) mass is 271 g/mol. The molecule has 0 fully saturated rings. The van der Waals surface area contributed by atoms with Crippen molar-refractivity contribution in [3.8, 4) is 6.07 Å². The summed E-state index contributed by atoms with van der Waals surface area (Å²) in [6, 6.07) is 3.81. The molecule has 0 aliphatic rings. The number of ether oxygens (including phenoxy) is 1. The number of benzene rings is 1. The quantitative estimate of drug-likeness (QED) is 0.794. The van der Waals surface area contributed by atoms with Gasteiger partial charge in [0.2, 0.25) is 0 Å². The Bertz CT molecular complexity index is 530. The highest BCUT2D eigenvalue weighted by molar-refractivity contribution is 5.74. The highest BCUT2D eigenvalue weighted by Crippen LogP contribution is 2.34. The number of esters is 1. The number of carbonyl (C=O) groups is 1. The maximum Gasteiger partial charge on any atom is 0.416 e. The molecule has 102 valence electrons. The molecule has 0 aliphatic heterocycles. The number of carbonyl (C=O) groups excluding carboxylic acids is 1. The molecule has 1 rings (SSSR count). The van der Waals surface area contributed by atoms with E-state index in [0.717, 1.165) is 6.07 Å². The summed E-state index contributed by atoms with van der Waals surface area (Å²) in [5.41, 5.74) is -1.02. The van der Waals surface area contributed by atoms with Gasteiger partial charge in [-0.1, -0.05) is 6.07 Å². The first-order chi connectivity index (χ1) is 8.81. The molecule has 1 aromatic carbocycles. The molecule has 0 atom stereocenters. The Morgan fingerprint density at radius 3 is 2.53 bits per heavy atom. The minimum absolute atomic E-state index is 0.0773. The first-order valence-electron chi connectivity index (χ1n) is 5.56. The van der Waals surface area contributed by atoms with Gasteiger partial charge in [-0.25, -0.2) is 0 Å². The summed E-state index contributed by atoms with van der Waals surface area (Å²) in [5, 5.41) is 8.96. The average Bonchev–Trinajstić information content (AvgIpc) is 2.28. The molecule has 0 spiro atoms. The fourth-order valence-electron chi connectivity index (χ4n) is 1.73. The number of nitriles is 1. The van der Waals surface area contributed by atoms with Gasteiger partial charge in [0.25, 0.3) is 0 Å². The Balaban J connectivity index is 3.35. The largest absolute Gasteiger partial charge is 0.466 e. The maximum atomic E-state index is 12.9. The minimum Gasteiger partial charge on any atom is -0.466 e. The molecule has 0 amide bonds. The molecule has 0 aromatic heterocycles. The molecule has 3 nitrogen and oxygen atoms in total. The third-order valence-corrected chi connectivity index (χ3v) is 2.56. The second-order valence-corrected chi connectivity index (χ2v) is 3.87. The molecular formula is C13H12F3NO2. The molecule has 0 aliphatic carbocycles. The zero-order valence-corrected chi connectivity index (χ0v) is 10.5. The van der Waals surface area contributed by atoms with Crippen molar-refractivity contribution in [1.82, 2.24) is 0 Å². The van der Waals surface area contributed by atoms with Crippen LogP contribution in [0.15, 0.2) is 12.1 Å². The van der Waals surface area contributed by atoms with Crippen molar-refractivity contribution >= 4 is 5.97 Å². The number of aryl methyl sites for hydroxylation is 1. The Labute approximate surface area is 108 Å². The number of hydrogen-bond acceptors (Lipinski definition) is 3. The lowest BCUT2D eigenvalue weighted by Gasteiger charge is -2.15. The predicted molar refractivity (Wildman–Crippen MR) is 61.2 cm³/mol. The van der Waals surface area contributed by atoms with E-state index in [-0.39, 0.29) is 17.7 Å². The molecule has 0 radical (unpaired) electrons. The summed E-state index contributed by atoms with van der Waals surface area (Å²) in [7, 11) is 0. The topological polar surface area (TPSA) is 50.1 Å². The lowest BCUT2D eigenvalue weighted by Crippen LogP contribution is -2.16. The van der Waals surface area contributed by atoms with E-state index in [1.54, 1.807) is 13.0 Å². The second-order valence-electron chi connectivity index (χ2n) is 3.87. The van der Waals surface area contributed by atoms with Crippen molar-refractivity contribution in [2.24, 2.45) is 0 Å². The first kappa shape index (κ1) is 15.0. The predicted octanol–water partition coefficient (Wildman–Crippen LogP) is 2.99. The maximum absolute atomic E-state index is 12.9. The van der Waals surface area contributed by atoms with Crippen LogP contribution in [0, 0.1) is 18.3 Å². The van der Waals surface area contributed by atoms with E-state index < -0.39 is 24.1 Å². The molecule has 0 saturated carbocycles. The number of rotatable bonds is 3. The Hall–Kier alpha value is -2.03. The molecule has 0 saturated heterocycles. The van der Waals surface area contributed by atoms with Crippen LogP contribution in [0.3, 0.4) is 0 Å². The van der Waals surface area contributed by atoms with Gasteiger partial charge in [0.15, 0.2) is 0 Å². The summed E-state index contributed by atoms with van der Waals surface area (Å²) >= 11 is 0. The van der Waals surface area contributed by atoms with Crippen LogP contribution in [-0.4, -0.2) is 12.6 Å². The summed E-state index contributed by atoms with van der Waals surface area (Å²) in [4.78, 5) is 11.4. The van der Waals surface area contributed by atoms with E-state index in [1.807, 2.05) is 0 Å². The zero-order chi connectivity index (χ0) is 14.6. The Morgan fingerprint density at radius 1 is 1.42 bits per heavy atom. The summed E-state index contributed by atoms with van der Waals surface area (Å²) < 4.78 is 43.3. The van der Waals surface area contributed by atoms with Crippen LogP contribution in [0.25, 0.3) is 0 Å². The molecule has 19 heavy (non-hydrogen) atoms. The highest BCUT2D eigenvalue weighted by atomic mass is 19.4. The normalized spacial score (nSPS) is 10.9. The van der Waals surface area contributed by atoms with E-state index in [1.165, 1.54) is 13.0 Å². The van der Waals surface area contributed by atoms with E-state index in [9.17, 15) is 18.0 Å². The molecule has 0 unspecified atom stereocenters. The second kappa shape index (κ2) is 5.74. The van der Waals surface area contributed by atoms with Crippen LogP contribution < -0.4 is 0 Å². The smallest absolute Gasteiger partial charge is 0.416 e. The van der Waals surface area contributed by atoms with Gasteiger partial charge in [-0.15, -0.1) is 0 Å². The average molecular weight is 271 g/mol. The number of nitrogens with zero attached hydrogens (tertiary/aromatic N) is 1. The molecular weight excluding hydrogens is 259 g/mol. The fourth-order valence-corrected chi connectivity index (χ4v) is 1.73. The van der Waals surface area contributed by atoms with Gasteiger partial charge >= 0.3 is 12.1 Å². The minimum atomic E-state index is -4.61. The summed E-state index contributed by atoms with van der Waals surface area (Å²) in [5.74, 6) is -0.782. The molecule has 0 N–H and O–H groups in total. The Kier molecular flexibility index (Phi) is 4.54. The van der Waals surface area contributed by atoms with Crippen molar-refractivity contribution < 1.29 is 22.7 Å². The van der Waals surface area contributed by atoms with Crippen molar-refractivity contribution in [3.63, 3.8) is 0 Å². The summed E-state index contributed by atoms with van der Waals surface area (Å²) in [6.07, 6.45) is -5.17. The van der Waals surface area contributed by atoms with Crippen LogP contribution in [-0.2, 0) is 22.1 Å². The van der Waals surface area contributed by atoms with E-state index >= 15 is 0 Å².